The van der Waals surface area contributed by atoms with Gasteiger partial charge in [-0.05, 0) is 52.1 Å². The monoisotopic (exact) mass is 396 g/mol. The minimum absolute atomic E-state index is 0. The zero-order valence-corrected chi connectivity index (χ0v) is 16.1. The first-order valence-electron chi connectivity index (χ1n) is 7.78. The second kappa shape index (κ2) is 10.7. The molecule has 1 saturated heterocycles. The zero-order chi connectivity index (χ0) is 14.3. The van der Waals surface area contributed by atoms with Crippen molar-refractivity contribution < 1.29 is 0 Å². The average Bonchev–Trinajstić information content (AvgIpc) is 2.43. The molecule has 1 aliphatic rings. The van der Waals surface area contributed by atoms with Gasteiger partial charge in [0.15, 0.2) is 5.96 Å². The van der Waals surface area contributed by atoms with Gasteiger partial charge in [0.05, 0.1) is 0 Å². The lowest BCUT2D eigenvalue weighted by molar-refractivity contribution is 0.147. The lowest BCUT2D eigenvalue weighted by atomic mass is 9.98. The number of hydrogen-bond donors (Lipinski definition) is 2. The summed E-state index contributed by atoms with van der Waals surface area (Å²) in [6, 6.07) is 1.04. The number of nitrogens with one attached hydrogen (secondary N) is 2. The van der Waals surface area contributed by atoms with E-state index in [-0.39, 0.29) is 24.0 Å². The number of halogens is 1. The van der Waals surface area contributed by atoms with E-state index in [0.29, 0.717) is 12.1 Å². The molecule has 0 saturated carbocycles. The van der Waals surface area contributed by atoms with E-state index in [4.69, 9.17) is 0 Å². The van der Waals surface area contributed by atoms with E-state index in [2.05, 4.69) is 48.2 Å². The fourth-order valence-electron chi connectivity index (χ4n) is 2.37. The lowest BCUT2D eigenvalue weighted by Crippen LogP contribution is -2.49. The number of nitrogens with zero attached hydrogens (tertiary/aromatic N) is 2. The highest BCUT2D eigenvalue weighted by Gasteiger charge is 2.20. The Balaban J connectivity index is 0.00000361. The molecular weight excluding hydrogens is 363 g/mol. The summed E-state index contributed by atoms with van der Waals surface area (Å²) < 4.78 is 0. The van der Waals surface area contributed by atoms with Gasteiger partial charge in [0.25, 0.3) is 0 Å². The Kier molecular flexibility index (Phi) is 10.6. The third kappa shape index (κ3) is 7.11. The van der Waals surface area contributed by atoms with Crippen LogP contribution < -0.4 is 10.6 Å². The molecule has 4 nitrogen and oxygen atoms in total. The van der Waals surface area contributed by atoms with Crippen molar-refractivity contribution in [2.24, 2.45) is 10.9 Å². The molecule has 5 heteroatoms. The van der Waals surface area contributed by atoms with Crippen LogP contribution in [-0.2, 0) is 0 Å². The smallest absolute Gasteiger partial charge is 0.191 e. The van der Waals surface area contributed by atoms with E-state index in [1.807, 2.05) is 7.05 Å². The van der Waals surface area contributed by atoms with Crippen molar-refractivity contribution >= 4 is 29.9 Å². The van der Waals surface area contributed by atoms with Gasteiger partial charge in [-0.3, -0.25) is 9.89 Å². The van der Waals surface area contributed by atoms with E-state index < -0.39 is 0 Å². The number of likely N-dealkylation sites (tertiary alicyclic amines) is 1. The minimum atomic E-state index is 0. The number of rotatable bonds is 5. The highest BCUT2D eigenvalue weighted by atomic mass is 127. The molecule has 0 amide bonds. The van der Waals surface area contributed by atoms with E-state index in [0.717, 1.165) is 24.8 Å². The molecule has 0 bridgehead atoms. The molecule has 0 aliphatic carbocycles. The van der Waals surface area contributed by atoms with Crippen molar-refractivity contribution in [1.82, 2.24) is 15.5 Å². The molecule has 2 N–H and O–H groups in total. The van der Waals surface area contributed by atoms with E-state index in [9.17, 15) is 0 Å². The normalized spacial score (nSPS) is 20.9. The van der Waals surface area contributed by atoms with Gasteiger partial charge in [0, 0.05) is 25.7 Å². The molecule has 0 radical (unpaired) electrons. The first-order chi connectivity index (χ1) is 9.06. The van der Waals surface area contributed by atoms with Crippen LogP contribution in [0.3, 0.4) is 0 Å². The summed E-state index contributed by atoms with van der Waals surface area (Å²) in [5, 5.41) is 6.84. The van der Waals surface area contributed by atoms with Gasteiger partial charge < -0.3 is 10.6 Å². The largest absolute Gasteiger partial charge is 0.355 e. The molecule has 0 aromatic heterocycles. The van der Waals surface area contributed by atoms with Crippen LogP contribution in [0.4, 0.5) is 0 Å². The number of piperidine rings is 1. The Bertz CT molecular complexity index is 275. The standard InChI is InChI=1S/C15H32N4.HI/c1-6-13(3)18-15(16-5)17-11-14(4)19-9-7-12(2)8-10-19;/h12-14H,6-11H2,1-5H3,(H2,16,17,18);1H. The van der Waals surface area contributed by atoms with Crippen molar-refractivity contribution in [2.75, 3.05) is 26.7 Å². The van der Waals surface area contributed by atoms with E-state index in [1.54, 1.807) is 0 Å². The molecule has 0 aromatic carbocycles. The van der Waals surface area contributed by atoms with Crippen LogP contribution in [0.2, 0.25) is 0 Å². The summed E-state index contributed by atoms with van der Waals surface area (Å²) in [4.78, 5) is 6.87. The maximum absolute atomic E-state index is 4.28. The SMILES string of the molecule is CCC(C)NC(=NC)NCC(C)N1CCC(C)CC1.I. The molecule has 1 heterocycles. The summed E-state index contributed by atoms with van der Waals surface area (Å²) in [7, 11) is 1.84. The molecule has 1 fully saturated rings. The predicted molar refractivity (Wildman–Crippen MR) is 99.1 cm³/mol. The first-order valence-corrected chi connectivity index (χ1v) is 7.78. The molecule has 1 aliphatic heterocycles. The van der Waals surface area contributed by atoms with Gasteiger partial charge in [-0.25, -0.2) is 0 Å². The fourth-order valence-corrected chi connectivity index (χ4v) is 2.37. The molecule has 0 aromatic rings. The second-order valence-corrected chi connectivity index (χ2v) is 5.97. The van der Waals surface area contributed by atoms with Crippen LogP contribution in [-0.4, -0.2) is 49.6 Å². The van der Waals surface area contributed by atoms with Gasteiger partial charge in [-0.1, -0.05) is 13.8 Å². The number of hydrogen-bond acceptors (Lipinski definition) is 2. The predicted octanol–water partition coefficient (Wildman–Crippen LogP) is 2.69. The minimum Gasteiger partial charge on any atom is -0.355 e. The quantitative estimate of drug-likeness (QED) is 0.427. The third-order valence-electron chi connectivity index (χ3n) is 4.23. The van der Waals surface area contributed by atoms with Crippen LogP contribution in [0.15, 0.2) is 4.99 Å². The van der Waals surface area contributed by atoms with Gasteiger partial charge >= 0.3 is 0 Å². The van der Waals surface area contributed by atoms with Crippen LogP contribution in [0.25, 0.3) is 0 Å². The van der Waals surface area contributed by atoms with Gasteiger partial charge in [0.1, 0.15) is 0 Å². The van der Waals surface area contributed by atoms with Gasteiger partial charge in [-0.2, -0.15) is 0 Å². The maximum atomic E-state index is 4.28. The molecule has 20 heavy (non-hydrogen) atoms. The van der Waals surface area contributed by atoms with Crippen molar-refractivity contribution in [3.05, 3.63) is 0 Å². The Morgan fingerprint density at radius 3 is 2.40 bits per heavy atom. The van der Waals surface area contributed by atoms with E-state index >= 15 is 0 Å². The first kappa shape index (κ1) is 20.0. The summed E-state index contributed by atoms with van der Waals surface area (Å²) in [5.74, 6) is 1.82. The van der Waals surface area contributed by atoms with Crippen molar-refractivity contribution in [3.63, 3.8) is 0 Å². The Morgan fingerprint density at radius 2 is 1.90 bits per heavy atom. The second-order valence-electron chi connectivity index (χ2n) is 5.97. The summed E-state index contributed by atoms with van der Waals surface area (Å²) >= 11 is 0. The topological polar surface area (TPSA) is 39.7 Å². The molecule has 1 rings (SSSR count). The Morgan fingerprint density at radius 1 is 1.30 bits per heavy atom. The molecule has 120 valence electrons. The van der Waals surface area contributed by atoms with Crippen LogP contribution >= 0.6 is 24.0 Å². The molecule has 2 atom stereocenters. The zero-order valence-electron chi connectivity index (χ0n) is 13.8. The fraction of sp³-hybridized carbons (Fsp3) is 0.933. The average molecular weight is 396 g/mol. The third-order valence-corrected chi connectivity index (χ3v) is 4.23. The molecule has 0 spiro atoms. The van der Waals surface area contributed by atoms with Crippen molar-refractivity contribution in [3.8, 4) is 0 Å². The van der Waals surface area contributed by atoms with Crippen molar-refractivity contribution in [2.45, 2.75) is 59.0 Å². The van der Waals surface area contributed by atoms with Gasteiger partial charge in [0.2, 0.25) is 0 Å². The highest BCUT2D eigenvalue weighted by Crippen LogP contribution is 2.17. The summed E-state index contributed by atoms with van der Waals surface area (Å²) in [6.45, 7) is 12.5. The maximum Gasteiger partial charge on any atom is 0.191 e. The Hall–Kier alpha value is -0.0400. The van der Waals surface area contributed by atoms with Crippen LogP contribution in [0.5, 0.6) is 0 Å². The Labute approximate surface area is 142 Å². The number of guanidine groups is 1. The summed E-state index contributed by atoms with van der Waals surface area (Å²) in [6.07, 6.45) is 3.79. The van der Waals surface area contributed by atoms with Crippen molar-refractivity contribution in [1.29, 1.82) is 0 Å². The van der Waals surface area contributed by atoms with Crippen LogP contribution in [0, 0.1) is 5.92 Å². The lowest BCUT2D eigenvalue weighted by Gasteiger charge is -2.35. The highest BCUT2D eigenvalue weighted by molar-refractivity contribution is 14.0. The van der Waals surface area contributed by atoms with E-state index in [1.165, 1.54) is 25.9 Å². The summed E-state index contributed by atoms with van der Waals surface area (Å²) in [5.41, 5.74) is 0. The van der Waals surface area contributed by atoms with Crippen LogP contribution in [0.1, 0.15) is 47.0 Å². The number of aliphatic imine (C=N–C) groups is 1. The molecular formula is C15H33IN4. The van der Waals surface area contributed by atoms with Gasteiger partial charge in [-0.15, -0.1) is 24.0 Å². The molecule has 2 unspecified atom stereocenters.